The lowest BCUT2D eigenvalue weighted by atomic mass is 9.62. The maximum absolute atomic E-state index is 3.54. The Kier molecular flexibility index (Phi) is 2.16. The minimum atomic E-state index is 0.644. The van der Waals surface area contributed by atoms with Gasteiger partial charge in [-0.3, -0.25) is 0 Å². The molecule has 0 amide bonds. The Morgan fingerprint density at radius 2 is 2.17 bits per heavy atom. The molecule has 1 saturated carbocycles. The summed E-state index contributed by atoms with van der Waals surface area (Å²) in [5, 5.41) is 3.54. The summed E-state index contributed by atoms with van der Waals surface area (Å²) < 4.78 is 0. The van der Waals surface area contributed by atoms with Crippen molar-refractivity contribution in [3.8, 4) is 0 Å². The van der Waals surface area contributed by atoms with Crippen molar-refractivity contribution in [2.75, 3.05) is 13.1 Å². The highest BCUT2D eigenvalue weighted by molar-refractivity contribution is 4.92. The van der Waals surface area contributed by atoms with E-state index >= 15 is 0 Å². The molecule has 1 heteroatoms. The molecule has 0 aromatic heterocycles. The Morgan fingerprint density at radius 1 is 1.33 bits per heavy atom. The molecule has 70 valence electrons. The SMILES string of the molecule is CC1CCC2(C)CNCCC2C1. The Hall–Kier alpha value is -0.0400. The lowest BCUT2D eigenvalue weighted by Crippen LogP contribution is -2.47. The summed E-state index contributed by atoms with van der Waals surface area (Å²) in [6.45, 7) is 7.43. The monoisotopic (exact) mass is 167 g/mol. The van der Waals surface area contributed by atoms with Gasteiger partial charge in [-0.25, -0.2) is 0 Å². The molecule has 1 aliphatic carbocycles. The third-order valence-electron chi connectivity index (χ3n) is 4.08. The van der Waals surface area contributed by atoms with Gasteiger partial charge in [-0.05, 0) is 43.1 Å². The summed E-state index contributed by atoms with van der Waals surface area (Å²) in [4.78, 5) is 0. The Bertz CT molecular complexity index is 166. The van der Waals surface area contributed by atoms with E-state index in [1.54, 1.807) is 0 Å². The Balaban J connectivity index is 2.06. The summed E-state index contributed by atoms with van der Waals surface area (Å²) in [5.41, 5.74) is 0.644. The normalized spacial score (nSPS) is 48.5. The van der Waals surface area contributed by atoms with Gasteiger partial charge in [0.1, 0.15) is 0 Å². The van der Waals surface area contributed by atoms with Gasteiger partial charge in [0.25, 0.3) is 0 Å². The molecule has 0 radical (unpaired) electrons. The van der Waals surface area contributed by atoms with Crippen LogP contribution in [0.1, 0.15) is 39.5 Å². The van der Waals surface area contributed by atoms with E-state index in [2.05, 4.69) is 19.2 Å². The van der Waals surface area contributed by atoms with E-state index in [0.717, 1.165) is 11.8 Å². The van der Waals surface area contributed by atoms with Crippen molar-refractivity contribution < 1.29 is 0 Å². The average molecular weight is 167 g/mol. The molecule has 1 saturated heterocycles. The molecule has 1 N–H and O–H groups in total. The van der Waals surface area contributed by atoms with E-state index in [1.165, 1.54) is 38.8 Å². The third-order valence-corrected chi connectivity index (χ3v) is 4.08. The number of fused-ring (bicyclic) bond motifs is 1. The topological polar surface area (TPSA) is 12.0 Å². The van der Waals surface area contributed by atoms with Crippen LogP contribution < -0.4 is 5.32 Å². The summed E-state index contributed by atoms with van der Waals surface area (Å²) in [5.74, 6) is 2.00. The maximum Gasteiger partial charge on any atom is 0.000783 e. The summed E-state index contributed by atoms with van der Waals surface area (Å²) in [6.07, 6.45) is 5.81. The number of nitrogens with one attached hydrogen (secondary N) is 1. The lowest BCUT2D eigenvalue weighted by Gasteiger charge is -2.47. The molecule has 0 aromatic rings. The molecule has 2 rings (SSSR count). The molecule has 0 aromatic carbocycles. The van der Waals surface area contributed by atoms with Crippen molar-refractivity contribution >= 4 is 0 Å². The smallest absolute Gasteiger partial charge is 0.000783 e. The van der Waals surface area contributed by atoms with Crippen LogP contribution in [0.4, 0.5) is 0 Å². The van der Waals surface area contributed by atoms with Crippen LogP contribution in [0.3, 0.4) is 0 Å². The molecule has 1 aliphatic heterocycles. The average Bonchev–Trinajstić information content (AvgIpc) is 2.06. The van der Waals surface area contributed by atoms with Gasteiger partial charge in [0.15, 0.2) is 0 Å². The number of rotatable bonds is 0. The van der Waals surface area contributed by atoms with E-state index < -0.39 is 0 Å². The quantitative estimate of drug-likeness (QED) is 0.584. The van der Waals surface area contributed by atoms with Gasteiger partial charge in [-0.1, -0.05) is 20.3 Å². The van der Waals surface area contributed by atoms with Gasteiger partial charge in [0.2, 0.25) is 0 Å². The molecular formula is C11H21N. The molecule has 3 unspecified atom stereocenters. The van der Waals surface area contributed by atoms with Crippen LogP contribution in [0.2, 0.25) is 0 Å². The molecule has 1 nitrogen and oxygen atoms in total. The highest BCUT2D eigenvalue weighted by Crippen LogP contribution is 2.45. The van der Waals surface area contributed by atoms with Crippen LogP contribution >= 0.6 is 0 Å². The van der Waals surface area contributed by atoms with Crippen molar-refractivity contribution in [2.45, 2.75) is 39.5 Å². The molecule has 1 heterocycles. The first-order valence-corrected chi connectivity index (χ1v) is 5.41. The Morgan fingerprint density at radius 3 is 3.00 bits per heavy atom. The molecule has 2 fully saturated rings. The Labute approximate surface area is 75.9 Å². The third kappa shape index (κ3) is 1.39. The zero-order valence-corrected chi connectivity index (χ0v) is 8.40. The van der Waals surface area contributed by atoms with Crippen molar-refractivity contribution in [3.63, 3.8) is 0 Å². The van der Waals surface area contributed by atoms with Crippen LogP contribution in [0.15, 0.2) is 0 Å². The molecule has 3 atom stereocenters. The predicted octanol–water partition coefficient (Wildman–Crippen LogP) is 2.42. The maximum atomic E-state index is 3.54. The fraction of sp³-hybridized carbons (Fsp3) is 1.00. The van der Waals surface area contributed by atoms with E-state index in [1.807, 2.05) is 0 Å². The summed E-state index contributed by atoms with van der Waals surface area (Å²) >= 11 is 0. The van der Waals surface area contributed by atoms with Crippen LogP contribution in [0.5, 0.6) is 0 Å². The zero-order chi connectivity index (χ0) is 8.60. The van der Waals surface area contributed by atoms with Crippen molar-refractivity contribution in [1.82, 2.24) is 5.32 Å². The van der Waals surface area contributed by atoms with Gasteiger partial charge in [-0.15, -0.1) is 0 Å². The summed E-state index contributed by atoms with van der Waals surface area (Å²) in [7, 11) is 0. The molecule has 2 aliphatic rings. The van der Waals surface area contributed by atoms with Gasteiger partial charge < -0.3 is 5.32 Å². The second-order valence-electron chi connectivity index (χ2n) is 5.20. The van der Waals surface area contributed by atoms with E-state index in [9.17, 15) is 0 Å². The second kappa shape index (κ2) is 3.02. The first-order chi connectivity index (χ1) is 5.71. The molecule has 12 heavy (non-hydrogen) atoms. The fourth-order valence-corrected chi connectivity index (χ4v) is 3.02. The van der Waals surface area contributed by atoms with Crippen molar-refractivity contribution in [2.24, 2.45) is 17.3 Å². The first-order valence-electron chi connectivity index (χ1n) is 5.41. The fourth-order valence-electron chi connectivity index (χ4n) is 3.02. The number of piperidine rings is 1. The second-order valence-corrected chi connectivity index (χ2v) is 5.20. The van der Waals surface area contributed by atoms with E-state index in [0.29, 0.717) is 5.41 Å². The van der Waals surface area contributed by atoms with Crippen LogP contribution in [-0.2, 0) is 0 Å². The number of hydrogen-bond acceptors (Lipinski definition) is 1. The predicted molar refractivity (Wildman–Crippen MR) is 52.1 cm³/mol. The van der Waals surface area contributed by atoms with Crippen LogP contribution in [0, 0.1) is 17.3 Å². The van der Waals surface area contributed by atoms with Crippen LogP contribution in [0.25, 0.3) is 0 Å². The van der Waals surface area contributed by atoms with E-state index in [4.69, 9.17) is 0 Å². The van der Waals surface area contributed by atoms with E-state index in [-0.39, 0.29) is 0 Å². The minimum absolute atomic E-state index is 0.644. The largest absolute Gasteiger partial charge is 0.316 e. The first kappa shape index (κ1) is 8.55. The van der Waals surface area contributed by atoms with Gasteiger partial charge in [0.05, 0.1) is 0 Å². The van der Waals surface area contributed by atoms with Gasteiger partial charge >= 0.3 is 0 Å². The van der Waals surface area contributed by atoms with Crippen molar-refractivity contribution in [1.29, 1.82) is 0 Å². The van der Waals surface area contributed by atoms with Gasteiger partial charge in [-0.2, -0.15) is 0 Å². The standard InChI is InChI=1S/C11H21N/c1-9-3-5-11(2)8-12-6-4-10(11)7-9/h9-10,12H,3-8H2,1-2H3. The highest BCUT2D eigenvalue weighted by Gasteiger charge is 2.39. The molecule has 0 bridgehead atoms. The zero-order valence-electron chi connectivity index (χ0n) is 8.40. The molecular weight excluding hydrogens is 146 g/mol. The number of hydrogen-bond donors (Lipinski definition) is 1. The lowest BCUT2D eigenvalue weighted by molar-refractivity contribution is 0.0552. The molecule has 0 spiro atoms. The van der Waals surface area contributed by atoms with Crippen molar-refractivity contribution in [3.05, 3.63) is 0 Å². The van der Waals surface area contributed by atoms with Crippen LogP contribution in [-0.4, -0.2) is 13.1 Å². The summed E-state index contributed by atoms with van der Waals surface area (Å²) in [6, 6.07) is 0. The minimum Gasteiger partial charge on any atom is -0.316 e. The van der Waals surface area contributed by atoms with Gasteiger partial charge in [0, 0.05) is 6.54 Å². The highest BCUT2D eigenvalue weighted by atomic mass is 14.9.